The van der Waals surface area contributed by atoms with Crippen LogP contribution in [0, 0.1) is 0 Å². The predicted octanol–water partition coefficient (Wildman–Crippen LogP) is 2.59. The number of nitrogen functional groups attached to an aromatic ring is 1. The molecule has 0 spiro atoms. The number of sulfonamides is 1. The zero-order chi connectivity index (χ0) is 20.6. The average Bonchev–Trinajstić information content (AvgIpc) is 2.73. The van der Waals surface area contributed by atoms with E-state index < -0.39 is 10.0 Å². The fourth-order valence-electron chi connectivity index (χ4n) is 2.87. The molecule has 0 amide bonds. The van der Waals surface area contributed by atoms with Crippen LogP contribution in [0.3, 0.4) is 0 Å². The molecule has 2 N–H and O–H groups in total. The summed E-state index contributed by atoms with van der Waals surface area (Å²) in [5, 5.41) is 0. The molecule has 0 saturated carbocycles. The molecule has 29 heavy (non-hydrogen) atoms. The molecule has 0 unspecified atom stereocenters. The van der Waals surface area contributed by atoms with E-state index >= 15 is 0 Å². The Hall–Kier alpha value is -3.43. The van der Waals surface area contributed by atoms with Gasteiger partial charge in [-0.15, -0.1) is 0 Å². The van der Waals surface area contributed by atoms with Crippen molar-refractivity contribution in [2.75, 3.05) is 19.8 Å². The molecule has 0 atom stereocenters. The average molecular weight is 406 g/mol. The van der Waals surface area contributed by atoms with E-state index in [1.807, 2.05) is 30.3 Å². The number of nitrogens with two attached hydrogens (primary N) is 1. The van der Waals surface area contributed by atoms with E-state index in [4.69, 9.17) is 5.73 Å². The van der Waals surface area contributed by atoms with Crippen molar-refractivity contribution >= 4 is 26.9 Å². The lowest BCUT2D eigenvalue weighted by atomic mass is 10.1. The van der Waals surface area contributed by atoms with Crippen LogP contribution in [0.5, 0.6) is 0 Å². The molecule has 0 aliphatic carbocycles. The Kier molecular flexibility index (Phi) is 4.69. The second-order valence-electron chi connectivity index (χ2n) is 6.59. The molecule has 0 radical (unpaired) electrons. The first-order valence-electron chi connectivity index (χ1n) is 8.72. The summed E-state index contributed by atoms with van der Waals surface area (Å²) in [5.74, 6) is -0.0389. The number of hydrogen-bond donors (Lipinski definition) is 1. The first-order chi connectivity index (χ1) is 13.9. The molecule has 9 heteroatoms. The SMILES string of the molecule is CN(C)S(=O)(=O)c1cc(-c2ccc3ncc(-c4ccncc4)nc3c2)cnc1N. The Labute approximate surface area is 168 Å². The third-order valence-corrected chi connectivity index (χ3v) is 6.34. The maximum atomic E-state index is 12.5. The van der Waals surface area contributed by atoms with Crippen molar-refractivity contribution in [3.63, 3.8) is 0 Å². The fraction of sp³-hybridized carbons (Fsp3) is 0.100. The van der Waals surface area contributed by atoms with Gasteiger partial charge in [0.1, 0.15) is 10.7 Å². The van der Waals surface area contributed by atoms with Crippen molar-refractivity contribution in [2.45, 2.75) is 4.90 Å². The van der Waals surface area contributed by atoms with Gasteiger partial charge in [0.2, 0.25) is 10.0 Å². The Bertz CT molecular complexity index is 1310. The number of rotatable bonds is 4. The molecule has 0 aliphatic heterocycles. The monoisotopic (exact) mass is 406 g/mol. The molecular formula is C20H18N6O2S. The summed E-state index contributed by atoms with van der Waals surface area (Å²) in [7, 11) is -0.807. The number of fused-ring (bicyclic) bond motifs is 1. The van der Waals surface area contributed by atoms with Crippen molar-refractivity contribution in [3.05, 3.63) is 61.2 Å². The predicted molar refractivity (Wildman–Crippen MR) is 111 cm³/mol. The van der Waals surface area contributed by atoms with Crippen molar-refractivity contribution in [1.82, 2.24) is 24.2 Å². The summed E-state index contributed by atoms with van der Waals surface area (Å²) in [6, 6.07) is 10.8. The first-order valence-corrected chi connectivity index (χ1v) is 10.2. The van der Waals surface area contributed by atoms with E-state index in [9.17, 15) is 8.42 Å². The first kappa shape index (κ1) is 18.9. The highest BCUT2D eigenvalue weighted by Crippen LogP contribution is 2.28. The molecule has 4 aromatic rings. The minimum atomic E-state index is -3.71. The van der Waals surface area contributed by atoms with Gasteiger partial charge in [-0.2, -0.15) is 0 Å². The molecule has 0 bridgehead atoms. The summed E-state index contributed by atoms with van der Waals surface area (Å²) in [5.41, 5.74) is 10.3. The molecule has 1 aromatic carbocycles. The minimum absolute atomic E-state index is 0.0308. The molecule has 3 aromatic heterocycles. The highest BCUT2D eigenvalue weighted by atomic mass is 32.2. The van der Waals surface area contributed by atoms with Gasteiger partial charge in [0, 0.05) is 43.8 Å². The molecule has 0 saturated heterocycles. The second-order valence-corrected chi connectivity index (χ2v) is 8.71. The van der Waals surface area contributed by atoms with Gasteiger partial charge in [0.25, 0.3) is 0 Å². The summed E-state index contributed by atoms with van der Waals surface area (Å²) in [6.45, 7) is 0. The third kappa shape index (κ3) is 3.53. The molecule has 0 fully saturated rings. The van der Waals surface area contributed by atoms with Crippen LogP contribution in [0.15, 0.2) is 66.1 Å². The fourth-order valence-corrected chi connectivity index (χ4v) is 3.86. The van der Waals surface area contributed by atoms with E-state index in [0.717, 1.165) is 26.6 Å². The lowest BCUT2D eigenvalue weighted by Gasteiger charge is -2.14. The lowest BCUT2D eigenvalue weighted by Crippen LogP contribution is -2.23. The smallest absolute Gasteiger partial charge is 0.246 e. The summed E-state index contributed by atoms with van der Waals surface area (Å²) >= 11 is 0. The maximum absolute atomic E-state index is 12.5. The van der Waals surface area contributed by atoms with Gasteiger partial charge in [-0.1, -0.05) is 6.07 Å². The third-order valence-electron chi connectivity index (χ3n) is 4.49. The molecule has 146 valence electrons. The van der Waals surface area contributed by atoms with Crippen LogP contribution < -0.4 is 5.73 Å². The molecule has 0 aliphatic rings. The van der Waals surface area contributed by atoms with Crippen LogP contribution in [-0.4, -0.2) is 46.8 Å². The van der Waals surface area contributed by atoms with Gasteiger partial charge < -0.3 is 5.73 Å². The largest absolute Gasteiger partial charge is 0.383 e. The maximum Gasteiger partial charge on any atom is 0.246 e. The van der Waals surface area contributed by atoms with Gasteiger partial charge in [0.05, 0.1) is 22.9 Å². The van der Waals surface area contributed by atoms with Crippen molar-refractivity contribution < 1.29 is 8.42 Å². The standard InChI is InChI=1S/C20H18N6O2S/c1-26(2)29(27,28)19-10-15(11-24-20(19)21)14-3-4-16-17(9-14)25-18(12-23-16)13-5-7-22-8-6-13/h3-12H,1-2H3,(H2,21,24). The van der Waals surface area contributed by atoms with Gasteiger partial charge in [-0.3, -0.25) is 9.97 Å². The van der Waals surface area contributed by atoms with Gasteiger partial charge in [-0.05, 0) is 35.9 Å². The Balaban J connectivity index is 1.82. The summed E-state index contributed by atoms with van der Waals surface area (Å²) in [4.78, 5) is 17.2. The number of anilines is 1. The van der Waals surface area contributed by atoms with E-state index in [2.05, 4.69) is 19.9 Å². The Morgan fingerprint density at radius 1 is 0.862 bits per heavy atom. The van der Waals surface area contributed by atoms with Gasteiger partial charge in [0.15, 0.2) is 0 Å². The van der Waals surface area contributed by atoms with E-state index in [1.54, 1.807) is 24.8 Å². The number of pyridine rings is 2. The van der Waals surface area contributed by atoms with Crippen molar-refractivity contribution in [1.29, 1.82) is 0 Å². The number of hydrogen-bond acceptors (Lipinski definition) is 7. The Morgan fingerprint density at radius 2 is 1.62 bits per heavy atom. The molecular weight excluding hydrogens is 388 g/mol. The van der Waals surface area contributed by atoms with E-state index in [-0.39, 0.29) is 10.7 Å². The lowest BCUT2D eigenvalue weighted by molar-refractivity contribution is 0.521. The van der Waals surface area contributed by atoms with Crippen LogP contribution in [0.1, 0.15) is 0 Å². The van der Waals surface area contributed by atoms with E-state index in [0.29, 0.717) is 11.1 Å². The number of aromatic nitrogens is 4. The van der Waals surface area contributed by atoms with E-state index in [1.165, 1.54) is 20.2 Å². The van der Waals surface area contributed by atoms with Gasteiger partial charge in [-0.25, -0.2) is 22.7 Å². The number of nitrogens with zero attached hydrogens (tertiary/aromatic N) is 5. The number of benzene rings is 1. The normalized spacial score (nSPS) is 11.8. The second kappa shape index (κ2) is 7.19. The van der Waals surface area contributed by atoms with Crippen molar-refractivity contribution in [3.8, 4) is 22.4 Å². The van der Waals surface area contributed by atoms with Gasteiger partial charge >= 0.3 is 0 Å². The van der Waals surface area contributed by atoms with Crippen LogP contribution in [0.4, 0.5) is 5.82 Å². The highest BCUT2D eigenvalue weighted by Gasteiger charge is 2.22. The van der Waals surface area contributed by atoms with Crippen LogP contribution in [0.2, 0.25) is 0 Å². The van der Waals surface area contributed by atoms with Crippen molar-refractivity contribution in [2.24, 2.45) is 0 Å². The quantitative estimate of drug-likeness (QED) is 0.554. The molecule has 3 heterocycles. The Morgan fingerprint density at radius 3 is 2.34 bits per heavy atom. The molecule has 8 nitrogen and oxygen atoms in total. The minimum Gasteiger partial charge on any atom is -0.383 e. The summed E-state index contributed by atoms with van der Waals surface area (Å²) < 4.78 is 26.2. The van der Waals surface area contributed by atoms with Crippen LogP contribution in [0.25, 0.3) is 33.4 Å². The topological polar surface area (TPSA) is 115 Å². The van der Waals surface area contributed by atoms with Crippen LogP contribution >= 0.6 is 0 Å². The molecule has 4 rings (SSSR count). The summed E-state index contributed by atoms with van der Waals surface area (Å²) in [6.07, 6.45) is 6.66. The zero-order valence-electron chi connectivity index (χ0n) is 15.8. The zero-order valence-corrected chi connectivity index (χ0v) is 16.6. The van der Waals surface area contributed by atoms with Crippen LogP contribution in [-0.2, 0) is 10.0 Å². The highest BCUT2D eigenvalue weighted by molar-refractivity contribution is 7.89.